The Kier molecular flexibility index (Phi) is 4.58. The molecule has 19 heavy (non-hydrogen) atoms. The van der Waals surface area contributed by atoms with Crippen LogP contribution in [0, 0.1) is 5.41 Å². The van der Waals surface area contributed by atoms with Crippen molar-refractivity contribution in [1.82, 2.24) is 19.7 Å². The first kappa shape index (κ1) is 14.5. The molecular weight excluding hydrogens is 240 g/mol. The first-order valence-electron chi connectivity index (χ1n) is 7.32. The predicted molar refractivity (Wildman–Crippen MR) is 74.7 cm³/mol. The van der Waals surface area contributed by atoms with Crippen molar-refractivity contribution in [2.75, 3.05) is 19.7 Å². The summed E-state index contributed by atoms with van der Waals surface area (Å²) >= 11 is 0. The van der Waals surface area contributed by atoms with Crippen LogP contribution in [0.4, 0.5) is 0 Å². The molecule has 1 saturated heterocycles. The van der Waals surface area contributed by atoms with Gasteiger partial charge in [-0.15, -0.1) is 10.2 Å². The lowest BCUT2D eigenvalue weighted by Gasteiger charge is -2.41. The summed E-state index contributed by atoms with van der Waals surface area (Å²) in [5, 5.41) is 17.9. The minimum atomic E-state index is 0.0843. The fourth-order valence-electron chi connectivity index (χ4n) is 2.99. The number of aromatic nitrogens is 3. The molecule has 0 radical (unpaired) electrons. The fourth-order valence-corrected chi connectivity index (χ4v) is 2.99. The zero-order valence-corrected chi connectivity index (χ0v) is 12.3. The molecule has 2 rings (SSSR count). The maximum Gasteiger partial charge on any atom is 0.147 e. The molecule has 1 aromatic heterocycles. The van der Waals surface area contributed by atoms with Crippen LogP contribution in [0.1, 0.15) is 51.9 Å². The van der Waals surface area contributed by atoms with E-state index in [1.807, 2.05) is 6.33 Å². The Hall–Kier alpha value is -0.940. The molecule has 0 aromatic carbocycles. The number of hydrogen-bond donors (Lipinski definition) is 1. The Morgan fingerprint density at radius 3 is 2.89 bits per heavy atom. The van der Waals surface area contributed by atoms with E-state index in [1.165, 1.54) is 0 Å². The standard InChI is InChI=1S/C14H26N4O/c1-4-14(10-19)6-5-7-17(9-14)8-13-16-15-11-18(13)12(2)3/h11-12,19H,4-10H2,1-3H3/t14-/m1/s1. The summed E-state index contributed by atoms with van der Waals surface area (Å²) in [6.07, 6.45) is 5.14. The molecule has 0 unspecified atom stereocenters. The molecule has 0 spiro atoms. The molecule has 5 heteroatoms. The normalized spacial score (nSPS) is 25.1. The van der Waals surface area contributed by atoms with Gasteiger partial charge in [-0.3, -0.25) is 4.90 Å². The van der Waals surface area contributed by atoms with Gasteiger partial charge in [0, 0.05) is 24.6 Å². The van der Waals surface area contributed by atoms with Crippen molar-refractivity contribution in [2.45, 2.75) is 52.6 Å². The van der Waals surface area contributed by atoms with Crippen LogP contribution < -0.4 is 0 Å². The van der Waals surface area contributed by atoms with Crippen molar-refractivity contribution in [1.29, 1.82) is 0 Å². The molecule has 1 aliphatic rings. The van der Waals surface area contributed by atoms with Crippen LogP contribution in [0.25, 0.3) is 0 Å². The predicted octanol–water partition coefficient (Wildman–Crippen LogP) is 1.84. The maximum absolute atomic E-state index is 9.67. The third-order valence-corrected chi connectivity index (χ3v) is 4.39. The largest absolute Gasteiger partial charge is 0.396 e. The van der Waals surface area contributed by atoms with Crippen LogP contribution in [0.2, 0.25) is 0 Å². The number of aliphatic hydroxyl groups excluding tert-OH is 1. The van der Waals surface area contributed by atoms with Gasteiger partial charge in [0.05, 0.1) is 6.54 Å². The third-order valence-electron chi connectivity index (χ3n) is 4.39. The van der Waals surface area contributed by atoms with Crippen molar-refractivity contribution >= 4 is 0 Å². The first-order valence-corrected chi connectivity index (χ1v) is 7.32. The van der Waals surface area contributed by atoms with Crippen molar-refractivity contribution in [3.63, 3.8) is 0 Å². The molecule has 0 saturated carbocycles. The zero-order valence-electron chi connectivity index (χ0n) is 12.3. The lowest BCUT2D eigenvalue weighted by molar-refractivity contribution is 0.0242. The minimum Gasteiger partial charge on any atom is -0.396 e. The third kappa shape index (κ3) is 3.15. The topological polar surface area (TPSA) is 54.2 Å². The van der Waals surface area contributed by atoms with E-state index in [1.54, 1.807) is 0 Å². The smallest absolute Gasteiger partial charge is 0.147 e. The van der Waals surface area contributed by atoms with Crippen LogP contribution in [0.15, 0.2) is 6.33 Å². The van der Waals surface area contributed by atoms with Crippen LogP contribution in [-0.4, -0.2) is 44.5 Å². The number of hydrogen-bond acceptors (Lipinski definition) is 4. The molecule has 1 aromatic rings. The zero-order chi connectivity index (χ0) is 13.9. The van der Waals surface area contributed by atoms with Gasteiger partial charge in [0.25, 0.3) is 0 Å². The number of likely N-dealkylation sites (tertiary alicyclic amines) is 1. The Bertz CT molecular complexity index is 398. The number of rotatable bonds is 5. The van der Waals surface area contributed by atoms with Crippen LogP contribution in [0.5, 0.6) is 0 Å². The van der Waals surface area contributed by atoms with Gasteiger partial charge >= 0.3 is 0 Å². The molecule has 0 amide bonds. The van der Waals surface area contributed by atoms with Gasteiger partial charge < -0.3 is 9.67 Å². The molecule has 1 aliphatic heterocycles. The van der Waals surface area contributed by atoms with Crippen LogP contribution in [-0.2, 0) is 6.54 Å². The molecule has 0 bridgehead atoms. The first-order chi connectivity index (χ1) is 9.10. The van der Waals surface area contributed by atoms with Gasteiger partial charge in [-0.2, -0.15) is 0 Å². The van der Waals surface area contributed by atoms with Gasteiger partial charge in [0.2, 0.25) is 0 Å². The highest BCUT2D eigenvalue weighted by molar-refractivity contribution is 4.92. The summed E-state index contributed by atoms with van der Waals surface area (Å²) < 4.78 is 2.13. The van der Waals surface area contributed by atoms with Crippen molar-refractivity contribution in [3.05, 3.63) is 12.2 Å². The highest BCUT2D eigenvalue weighted by Gasteiger charge is 2.33. The van der Waals surface area contributed by atoms with Crippen LogP contribution >= 0.6 is 0 Å². The summed E-state index contributed by atoms with van der Waals surface area (Å²) in [6.45, 7) is 9.64. The number of aliphatic hydroxyl groups is 1. The van der Waals surface area contributed by atoms with Gasteiger partial charge in [0.1, 0.15) is 12.2 Å². The van der Waals surface area contributed by atoms with E-state index in [9.17, 15) is 5.11 Å². The lowest BCUT2D eigenvalue weighted by atomic mass is 9.78. The highest BCUT2D eigenvalue weighted by Crippen LogP contribution is 2.33. The molecule has 1 fully saturated rings. The Morgan fingerprint density at radius 1 is 1.47 bits per heavy atom. The van der Waals surface area contributed by atoms with Gasteiger partial charge in [-0.1, -0.05) is 6.92 Å². The average Bonchev–Trinajstić information content (AvgIpc) is 2.87. The summed E-state index contributed by atoms with van der Waals surface area (Å²) in [5.41, 5.74) is 0.0843. The van der Waals surface area contributed by atoms with Gasteiger partial charge in [-0.05, 0) is 39.7 Å². The Balaban J connectivity index is 2.04. The van der Waals surface area contributed by atoms with Crippen molar-refractivity contribution in [2.24, 2.45) is 5.41 Å². The number of piperidine rings is 1. The Morgan fingerprint density at radius 2 is 2.26 bits per heavy atom. The second-order valence-corrected chi connectivity index (χ2v) is 6.07. The van der Waals surface area contributed by atoms with E-state index in [0.29, 0.717) is 6.04 Å². The van der Waals surface area contributed by atoms with Crippen LogP contribution in [0.3, 0.4) is 0 Å². The average molecular weight is 266 g/mol. The molecule has 2 heterocycles. The molecule has 5 nitrogen and oxygen atoms in total. The molecule has 0 aliphatic carbocycles. The van der Waals surface area contributed by atoms with E-state index in [0.717, 1.165) is 44.7 Å². The summed E-state index contributed by atoms with van der Waals surface area (Å²) in [5.74, 6) is 1.03. The van der Waals surface area contributed by atoms with E-state index in [-0.39, 0.29) is 12.0 Å². The lowest BCUT2D eigenvalue weighted by Crippen LogP contribution is -2.45. The van der Waals surface area contributed by atoms with E-state index in [2.05, 4.69) is 40.4 Å². The van der Waals surface area contributed by atoms with E-state index >= 15 is 0 Å². The SMILES string of the molecule is CC[C@@]1(CO)CCCN(Cc2nncn2C(C)C)C1. The van der Waals surface area contributed by atoms with Gasteiger partial charge in [-0.25, -0.2) is 0 Å². The van der Waals surface area contributed by atoms with Gasteiger partial charge in [0.15, 0.2) is 0 Å². The highest BCUT2D eigenvalue weighted by atomic mass is 16.3. The Labute approximate surface area is 115 Å². The molecule has 108 valence electrons. The molecule has 1 atom stereocenters. The number of nitrogens with zero attached hydrogens (tertiary/aromatic N) is 4. The summed E-state index contributed by atoms with van der Waals surface area (Å²) in [4.78, 5) is 2.41. The summed E-state index contributed by atoms with van der Waals surface area (Å²) in [7, 11) is 0. The maximum atomic E-state index is 9.67. The fraction of sp³-hybridized carbons (Fsp3) is 0.857. The second-order valence-electron chi connectivity index (χ2n) is 6.07. The second kappa shape index (κ2) is 6.01. The minimum absolute atomic E-state index is 0.0843. The quantitative estimate of drug-likeness (QED) is 0.883. The summed E-state index contributed by atoms with van der Waals surface area (Å²) in [6, 6.07) is 0.392. The molecule has 1 N–H and O–H groups in total. The van der Waals surface area contributed by atoms with E-state index < -0.39 is 0 Å². The van der Waals surface area contributed by atoms with E-state index in [4.69, 9.17) is 0 Å². The van der Waals surface area contributed by atoms with Crippen molar-refractivity contribution in [3.8, 4) is 0 Å². The monoisotopic (exact) mass is 266 g/mol. The van der Waals surface area contributed by atoms with Crippen molar-refractivity contribution < 1.29 is 5.11 Å². The molecular formula is C14H26N4O.